The molecule has 0 spiro atoms. The Labute approximate surface area is 192 Å². The maximum Gasteiger partial charge on any atom is 0.328 e. The Kier molecular flexibility index (Phi) is 6.90. The van der Waals surface area contributed by atoms with E-state index in [4.69, 9.17) is 4.74 Å². The van der Waals surface area contributed by atoms with E-state index in [-0.39, 0.29) is 12.5 Å². The normalized spacial score (nSPS) is 27.3. The lowest BCUT2D eigenvalue weighted by Crippen LogP contribution is -2.55. The van der Waals surface area contributed by atoms with Crippen LogP contribution in [0.2, 0.25) is 0 Å². The van der Waals surface area contributed by atoms with Crippen molar-refractivity contribution in [2.45, 2.75) is 44.8 Å². The molecule has 9 nitrogen and oxygen atoms in total. The summed E-state index contributed by atoms with van der Waals surface area (Å²) >= 11 is 0. The van der Waals surface area contributed by atoms with Gasteiger partial charge in [-0.05, 0) is 61.1 Å². The zero-order chi connectivity index (χ0) is 23.5. The zero-order valence-corrected chi connectivity index (χ0v) is 18.9. The average Bonchev–Trinajstić information content (AvgIpc) is 2.82. The SMILES string of the molecule is CC[C@H]1CN2CC[C@H]1C[C@@H]2[C@@H](O)c1ccnc2ccc(OC)cc12.O=C1CC(=O)NC(=O)N1. The summed E-state index contributed by atoms with van der Waals surface area (Å²) in [6.45, 7) is 4.55. The van der Waals surface area contributed by atoms with Gasteiger partial charge in [0.2, 0.25) is 11.8 Å². The number of barbiturate groups is 1. The Morgan fingerprint density at radius 2 is 1.97 bits per heavy atom. The highest BCUT2D eigenvalue weighted by Gasteiger charge is 2.42. The van der Waals surface area contributed by atoms with Crippen LogP contribution in [0.5, 0.6) is 5.75 Å². The number of aromatic nitrogens is 1. The van der Waals surface area contributed by atoms with E-state index in [0.29, 0.717) is 0 Å². The minimum Gasteiger partial charge on any atom is -0.497 e. The Bertz CT molecular complexity index is 1010. The second-order valence-corrected chi connectivity index (χ2v) is 8.85. The number of carbonyl (C=O) groups excluding carboxylic acids is 3. The molecule has 2 bridgehead atoms. The lowest BCUT2D eigenvalue weighted by atomic mass is 9.72. The number of ether oxygens (including phenoxy) is 1. The quantitative estimate of drug-likeness (QED) is 0.605. The first-order valence-corrected chi connectivity index (χ1v) is 11.4. The summed E-state index contributed by atoms with van der Waals surface area (Å²) < 4.78 is 5.36. The van der Waals surface area contributed by atoms with Gasteiger partial charge in [-0.1, -0.05) is 13.3 Å². The van der Waals surface area contributed by atoms with Crippen LogP contribution in [0.15, 0.2) is 30.5 Å². The molecule has 4 amide bonds. The first-order chi connectivity index (χ1) is 15.9. The molecule has 4 fully saturated rings. The highest BCUT2D eigenvalue weighted by molar-refractivity contribution is 6.14. The van der Waals surface area contributed by atoms with Crippen LogP contribution in [-0.4, -0.2) is 59.1 Å². The molecule has 0 aliphatic carbocycles. The van der Waals surface area contributed by atoms with Gasteiger partial charge in [0.25, 0.3) is 0 Å². The second-order valence-electron chi connectivity index (χ2n) is 8.85. The smallest absolute Gasteiger partial charge is 0.328 e. The van der Waals surface area contributed by atoms with Crippen molar-refractivity contribution >= 4 is 28.7 Å². The maximum absolute atomic E-state index is 11.2. The number of aliphatic hydroxyl groups excluding tert-OH is 1. The fraction of sp³-hybridized carbons (Fsp3) is 0.500. The molecule has 6 rings (SSSR count). The van der Waals surface area contributed by atoms with Crippen LogP contribution in [0.25, 0.3) is 10.9 Å². The number of piperidine rings is 3. The molecule has 1 aromatic carbocycles. The van der Waals surface area contributed by atoms with E-state index in [2.05, 4.69) is 16.8 Å². The average molecular weight is 455 g/mol. The lowest BCUT2D eigenvalue weighted by Gasteiger charge is -2.51. The minimum atomic E-state index is -0.740. The first kappa shape index (κ1) is 23.1. The summed E-state index contributed by atoms with van der Waals surface area (Å²) in [5.74, 6) is 1.27. The molecule has 3 N–H and O–H groups in total. The number of nitrogens with one attached hydrogen (secondary N) is 2. The van der Waals surface area contributed by atoms with Crippen molar-refractivity contribution in [1.82, 2.24) is 20.5 Å². The van der Waals surface area contributed by atoms with Gasteiger partial charge in [0.1, 0.15) is 12.2 Å². The minimum absolute atomic E-state index is 0.225. The van der Waals surface area contributed by atoms with Crippen molar-refractivity contribution in [2.24, 2.45) is 11.8 Å². The Morgan fingerprint density at radius 3 is 2.58 bits per heavy atom. The molecule has 1 aromatic heterocycles. The molecule has 33 heavy (non-hydrogen) atoms. The Balaban J connectivity index is 0.000000243. The van der Waals surface area contributed by atoms with Gasteiger partial charge in [0.15, 0.2) is 0 Å². The molecule has 4 saturated heterocycles. The van der Waals surface area contributed by atoms with Crippen molar-refractivity contribution in [2.75, 3.05) is 20.2 Å². The molecule has 0 radical (unpaired) electrons. The van der Waals surface area contributed by atoms with Crippen molar-refractivity contribution in [3.63, 3.8) is 0 Å². The third kappa shape index (κ3) is 4.99. The predicted molar refractivity (Wildman–Crippen MR) is 121 cm³/mol. The van der Waals surface area contributed by atoms with Crippen molar-refractivity contribution in [3.05, 3.63) is 36.0 Å². The van der Waals surface area contributed by atoms with Gasteiger partial charge in [-0.25, -0.2) is 4.79 Å². The monoisotopic (exact) mass is 454 g/mol. The zero-order valence-electron chi connectivity index (χ0n) is 18.9. The fourth-order valence-corrected chi connectivity index (χ4v) is 5.23. The van der Waals surface area contributed by atoms with Gasteiger partial charge >= 0.3 is 6.03 Å². The van der Waals surface area contributed by atoms with E-state index in [1.54, 1.807) is 13.3 Å². The Morgan fingerprint density at radius 1 is 1.21 bits per heavy atom. The van der Waals surface area contributed by atoms with Crippen LogP contribution >= 0.6 is 0 Å². The number of benzene rings is 1. The number of nitrogens with zero attached hydrogens (tertiary/aromatic N) is 2. The topological polar surface area (TPSA) is 121 Å². The van der Waals surface area contributed by atoms with Gasteiger partial charge in [0, 0.05) is 24.2 Å². The van der Waals surface area contributed by atoms with Gasteiger partial charge in [-0.2, -0.15) is 0 Å². The van der Waals surface area contributed by atoms with Crippen LogP contribution < -0.4 is 15.4 Å². The van der Waals surface area contributed by atoms with Crippen LogP contribution in [0.3, 0.4) is 0 Å². The number of fused-ring (bicyclic) bond motifs is 4. The molecule has 0 saturated carbocycles. The molecule has 2 aromatic rings. The summed E-state index contributed by atoms with van der Waals surface area (Å²) in [6.07, 6.45) is 4.72. The Hall–Kier alpha value is -3.04. The number of hydrogen-bond acceptors (Lipinski definition) is 7. The molecule has 5 heterocycles. The highest BCUT2D eigenvalue weighted by atomic mass is 16.5. The third-order valence-electron chi connectivity index (χ3n) is 6.95. The summed E-state index contributed by atoms with van der Waals surface area (Å²) in [5, 5.41) is 16.0. The molecular weight excluding hydrogens is 424 g/mol. The first-order valence-electron chi connectivity index (χ1n) is 11.4. The molecule has 9 heteroatoms. The van der Waals surface area contributed by atoms with Gasteiger partial charge in [-0.3, -0.25) is 30.1 Å². The number of methoxy groups -OCH3 is 1. The van der Waals surface area contributed by atoms with Crippen molar-refractivity contribution in [1.29, 1.82) is 0 Å². The van der Waals surface area contributed by atoms with E-state index in [1.807, 2.05) is 34.9 Å². The van der Waals surface area contributed by atoms with Crippen LogP contribution in [0, 0.1) is 11.8 Å². The van der Waals surface area contributed by atoms with Crippen LogP contribution in [-0.2, 0) is 9.59 Å². The van der Waals surface area contributed by atoms with Gasteiger partial charge < -0.3 is 9.84 Å². The molecule has 4 aliphatic heterocycles. The number of urea groups is 1. The van der Waals surface area contributed by atoms with Gasteiger partial charge in [-0.15, -0.1) is 0 Å². The summed E-state index contributed by atoms with van der Waals surface area (Å²) in [5.41, 5.74) is 1.89. The van der Waals surface area contributed by atoms with E-state index < -0.39 is 23.9 Å². The molecule has 4 aliphatic rings. The number of pyridine rings is 1. The van der Waals surface area contributed by atoms with E-state index >= 15 is 0 Å². The molecular formula is C24H30N4O5. The van der Waals surface area contributed by atoms with Crippen molar-refractivity contribution < 1.29 is 24.2 Å². The largest absolute Gasteiger partial charge is 0.497 e. The fourth-order valence-electron chi connectivity index (χ4n) is 5.23. The number of carbonyl (C=O) groups is 3. The maximum atomic E-state index is 11.2. The van der Waals surface area contributed by atoms with Crippen molar-refractivity contribution in [3.8, 4) is 5.75 Å². The highest BCUT2D eigenvalue weighted by Crippen LogP contribution is 2.42. The standard InChI is InChI=1S/C20H26N2O2.C4H4N2O3/c1-3-13-12-22-9-7-14(13)10-19(22)20(23)16-6-8-21-18-5-4-15(24-2)11-17(16)18;7-2-1-3(8)6-4(9)5-2/h4-6,8,11,13-14,19-20,23H,3,7,9-10,12H2,1-2H3;1H2,(H2,5,6,7,8,9)/t13-,14-,19+,20-;/m0./s1. The van der Waals surface area contributed by atoms with Crippen LogP contribution in [0.1, 0.15) is 44.3 Å². The lowest BCUT2D eigenvalue weighted by molar-refractivity contribution is -0.129. The number of imide groups is 2. The number of hydrogen-bond donors (Lipinski definition) is 3. The van der Waals surface area contributed by atoms with Gasteiger partial charge in [0.05, 0.1) is 18.7 Å². The summed E-state index contributed by atoms with van der Waals surface area (Å²) in [4.78, 5) is 37.7. The van der Waals surface area contributed by atoms with E-state index in [0.717, 1.165) is 53.6 Å². The summed E-state index contributed by atoms with van der Waals surface area (Å²) in [6, 6.07) is 7.33. The van der Waals surface area contributed by atoms with E-state index in [1.165, 1.54) is 12.8 Å². The molecule has 176 valence electrons. The molecule has 5 atom stereocenters. The number of amides is 4. The van der Waals surface area contributed by atoms with E-state index in [9.17, 15) is 19.5 Å². The second kappa shape index (κ2) is 9.84. The number of aliphatic hydroxyl groups is 1. The third-order valence-corrected chi connectivity index (χ3v) is 6.95. The predicted octanol–water partition coefficient (Wildman–Crippen LogP) is 2.14. The summed E-state index contributed by atoms with van der Waals surface area (Å²) in [7, 11) is 1.67. The molecule has 1 unspecified atom stereocenters. The van der Waals surface area contributed by atoms with Crippen LogP contribution in [0.4, 0.5) is 4.79 Å². The number of rotatable bonds is 4.